The van der Waals surface area contributed by atoms with E-state index in [4.69, 9.17) is 17.3 Å². The highest BCUT2D eigenvalue weighted by Gasteiger charge is 2.35. The van der Waals surface area contributed by atoms with Crippen molar-refractivity contribution < 1.29 is 9.59 Å². The number of halogens is 2. The highest BCUT2D eigenvalue weighted by molar-refractivity contribution is 6.30. The van der Waals surface area contributed by atoms with Crippen molar-refractivity contribution in [1.29, 1.82) is 0 Å². The molecule has 0 spiro atoms. The summed E-state index contributed by atoms with van der Waals surface area (Å²) in [5, 5.41) is 4.35. The second kappa shape index (κ2) is 9.87. The maximum Gasteiger partial charge on any atom is 0.229 e. The third-order valence-corrected chi connectivity index (χ3v) is 6.15. The van der Waals surface area contributed by atoms with Gasteiger partial charge in [0.2, 0.25) is 11.8 Å². The topological polar surface area (TPSA) is 75.4 Å². The lowest BCUT2D eigenvalue weighted by Crippen LogP contribution is -2.44. The van der Waals surface area contributed by atoms with Crippen LogP contribution in [-0.2, 0) is 15.0 Å². The molecule has 150 valence electrons. The standard InChI is InChI=1S/C20H28ClN3O2.ClH/c21-16-4-1-3-15(13-16)20(14-22)9-7-17(8-10-20)23-11-2-12-24-18(25)5-6-19(24)26;/h1,3-4,13,17,23H,2,5-12,14,22H2;1H/t17-,20+;. The summed E-state index contributed by atoms with van der Waals surface area (Å²) in [6, 6.07) is 8.56. The van der Waals surface area contributed by atoms with Crippen LogP contribution < -0.4 is 11.1 Å². The molecule has 27 heavy (non-hydrogen) atoms. The molecular weight excluding hydrogens is 385 g/mol. The number of rotatable bonds is 7. The number of likely N-dealkylation sites (tertiary alicyclic amines) is 1. The molecule has 1 aromatic carbocycles. The summed E-state index contributed by atoms with van der Waals surface area (Å²) in [6.45, 7) is 2.00. The first-order valence-electron chi connectivity index (χ1n) is 9.57. The largest absolute Gasteiger partial charge is 0.330 e. The first-order valence-corrected chi connectivity index (χ1v) is 9.94. The number of carbonyl (C=O) groups is 2. The van der Waals surface area contributed by atoms with E-state index in [0.29, 0.717) is 32.0 Å². The van der Waals surface area contributed by atoms with E-state index in [1.165, 1.54) is 10.5 Å². The molecule has 3 rings (SSSR count). The molecule has 0 unspecified atom stereocenters. The zero-order valence-electron chi connectivity index (χ0n) is 15.6. The zero-order valence-corrected chi connectivity index (χ0v) is 17.2. The van der Waals surface area contributed by atoms with Gasteiger partial charge in [-0.2, -0.15) is 0 Å². The Morgan fingerprint density at radius 2 is 1.85 bits per heavy atom. The molecular formula is C20H29Cl2N3O2. The van der Waals surface area contributed by atoms with E-state index in [2.05, 4.69) is 11.4 Å². The maximum absolute atomic E-state index is 11.6. The summed E-state index contributed by atoms with van der Waals surface area (Å²) >= 11 is 6.17. The van der Waals surface area contributed by atoms with Gasteiger partial charge in [0, 0.05) is 42.4 Å². The third-order valence-electron chi connectivity index (χ3n) is 5.92. The Labute approximate surface area is 172 Å². The summed E-state index contributed by atoms with van der Waals surface area (Å²) in [5.41, 5.74) is 7.42. The second-order valence-electron chi connectivity index (χ2n) is 7.52. The summed E-state index contributed by atoms with van der Waals surface area (Å²) in [6.07, 6.45) is 5.80. The van der Waals surface area contributed by atoms with Crippen molar-refractivity contribution in [2.24, 2.45) is 5.73 Å². The molecule has 7 heteroatoms. The van der Waals surface area contributed by atoms with Crippen LogP contribution in [0.2, 0.25) is 5.02 Å². The van der Waals surface area contributed by atoms with Gasteiger partial charge in [-0.3, -0.25) is 14.5 Å². The minimum atomic E-state index is -0.0260. The number of hydrogen-bond acceptors (Lipinski definition) is 4. The predicted molar refractivity (Wildman–Crippen MR) is 110 cm³/mol. The third kappa shape index (κ3) is 5.23. The Morgan fingerprint density at radius 3 is 2.44 bits per heavy atom. The quantitative estimate of drug-likeness (QED) is 0.531. The molecule has 0 atom stereocenters. The van der Waals surface area contributed by atoms with E-state index in [1.807, 2.05) is 18.2 Å². The lowest BCUT2D eigenvalue weighted by atomic mass is 9.68. The summed E-state index contributed by atoms with van der Waals surface area (Å²) < 4.78 is 0. The van der Waals surface area contributed by atoms with Crippen molar-refractivity contribution in [3.8, 4) is 0 Å². The Morgan fingerprint density at radius 1 is 1.19 bits per heavy atom. The first kappa shape index (κ1) is 22.2. The molecule has 0 aromatic heterocycles. The van der Waals surface area contributed by atoms with Gasteiger partial charge in [-0.15, -0.1) is 12.4 Å². The molecule has 1 aliphatic carbocycles. The van der Waals surface area contributed by atoms with Crippen molar-refractivity contribution in [3.63, 3.8) is 0 Å². The van der Waals surface area contributed by atoms with Crippen LogP contribution in [0.4, 0.5) is 0 Å². The minimum absolute atomic E-state index is 0. The summed E-state index contributed by atoms with van der Waals surface area (Å²) in [4.78, 5) is 24.6. The number of nitrogens with two attached hydrogens (primary N) is 1. The van der Waals surface area contributed by atoms with Crippen molar-refractivity contribution in [2.75, 3.05) is 19.6 Å². The van der Waals surface area contributed by atoms with E-state index < -0.39 is 0 Å². The van der Waals surface area contributed by atoms with Crippen molar-refractivity contribution in [1.82, 2.24) is 10.2 Å². The van der Waals surface area contributed by atoms with Gasteiger partial charge in [0.15, 0.2) is 0 Å². The van der Waals surface area contributed by atoms with Crippen LogP contribution >= 0.6 is 24.0 Å². The lowest BCUT2D eigenvalue weighted by molar-refractivity contribution is -0.138. The zero-order chi connectivity index (χ0) is 18.6. The van der Waals surface area contributed by atoms with Crippen molar-refractivity contribution >= 4 is 35.8 Å². The number of hydrogen-bond donors (Lipinski definition) is 2. The fraction of sp³-hybridized carbons (Fsp3) is 0.600. The summed E-state index contributed by atoms with van der Waals surface area (Å²) in [7, 11) is 0. The Hall–Kier alpha value is -1.14. The second-order valence-corrected chi connectivity index (χ2v) is 7.95. The lowest BCUT2D eigenvalue weighted by Gasteiger charge is -2.40. The SMILES string of the molecule is Cl.NC[C@]1(c2cccc(Cl)c2)CC[C@@H](NCCCN2C(=O)CCC2=O)CC1. The molecule has 1 saturated heterocycles. The van der Waals surface area contributed by atoms with Crippen LogP contribution in [0.5, 0.6) is 0 Å². The number of amides is 2. The molecule has 1 heterocycles. The fourth-order valence-electron chi connectivity index (χ4n) is 4.22. The fourth-order valence-corrected chi connectivity index (χ4v) is 4.41. The normalized spacial score (nSPS) is 25.6. The van der Waals surface area contributed by atoms with Crippen LogP contribution in [0.15, 0.2) is 24.3 Å². The number of benzene rings is 1. The van der Waals surface area contributed by atoms with Crippen LogP contribution in [0.3, 0.4) is 0 Å². The number of imide groups is 1. The van der Waals surface area contributed by atoms with E-state index in [1.54, 1.807) is 0 Å². The first-order chi connectivity index (χ1) is 12.5. The molecule has 5 nitrogen and oxygen atoms in total. The molecule has 2 amide bonds. The van der Waals surface area contributed by atoms with Gasteiger partial charge >= 0.3 is 0 Å². The Bertz CT molecular complexity index is 644. The number of nitrogens with one attached hydrogen (secondary N) is 1. The molecule has 1 aromatic rings. The van der Waals surface area contributed by atoms with Gasteiger partial charge in [-0.1, -0.05) is 23.7 Å². The number of nitrogens with zero attached hydrogens (tertiary/aromatic N) is 1. The molecule has 2 aliphatic rings. The van der Waals surface area contributed by atoms with Gasteiger partial charge in [0.25, 0.3) is 0 Å². The van der Waals surface area contributed by atoms with Crippen LogP contribution in [0, 0.1) is 0 Å². The molecule has 2 fully saturated rings. The predicted octanol–water partition coefficient (Wildman–Crippen LogP) is 3.03. The van der Waals surface area contributed by atoms with E-state index in [9.17, 15) is 9.59 Å². The van der Waals surface area contributed by atoms with Crippen molar-refractivity contribution in [2.45, 2.75) is 56.4 Å². The Balaban J connectivity index is 0.00000261. The molecule has 3 N–H and O–H groups in total. The monoisotopic (exact) mass is 413 g/mol. The Kier molecular flexibility index (Phi) is 8.10. The average Bonchev–Trinajstić information content (AvgIpc) is 2.97. The smallest absolute Gasteiger partial charge is 0.229 e. The van der Waals surface area contributed by atoms with Gasteiger partial charge in [-0.05, 0) is 56.3 Å². The van der Waals surface area contributed by atoms with Gasteiger partial charge in [0.05, 0.1) is 0 Å². The van der Waals surface area contributed by atoms with Gasteiger partial charge < -0.3 is 11.1 Å². The maximum atomic E-state index is 11.6. The highest BCUT2D eigenvalue weighted by atomic mass is 35.5. The minimum Gasteiger partial charge on any atom is -0.330 e. The van der Waals surface area contributed by atoms with E-state index in [-0.39, 0.29) is 29.6 Å². The van der Waals surface area contributed by atoms with Crippen LogP contribution in [0.1, 0.15) is 50.5 Å². The van der Waals surface area contributed by atoms with E-state index >= 15 is 0 Å². The van der Waals surface area contributed by atoms with Gasteiger partial charge in [-0.25, -0.2) is 0 Å². The van der Waals surface area contributed by atoms with Crippen LogP contribution in [-0.4, -0.2) is 42.4 Å². The van der Waals surface area contributed by atoms with Crippen molar-refractivity contribution in [3.05, 3.63) is 34.9 Å². The molecule has 0 bridgehead atoms. The van der Waals surface area contributed by atoms with Crippen LogP contribution in [0.25, 0.3) is 0 Å². The molecule has 1 saturated carbocycles. The average molecular weight is 414 g/mol. The highest BCUT2D eigenvalue weighted by Crippen LogP contribution is 2.39. The summed E-state index contributed by atoms with van der Waals surface area (Å²) in [5.74, 6) is -0.0520. The molecule has 1 aliphatic heterocycles. The van der Waals surface area contributed by atoms with E-state index in [0.717, 1.165) is 43.7 Å². The number of carbonyl (C=O) groups excluding carboxylic acids is 2. The molecule has 0 radical (unpaired) electrons. The van der Waals surface area contributed by atoms with Gasteiger partial charge in [0.1, 0.15) is 0 Å².